The Balaban J connectivity index is 1.44. The average molecular weight is 1240 g/mol. The Morgan fingerprint density at radius 2 is 0.793 bits per heavy atom. The molecule has 12 N–H and O–H groups in total. The number of amides is 1. The van der Waals surface area contributed by atoms with Crippen molar-refractivity contribution in [2.24, 2.45) is 0 Å². The Morgan fingerprint density at radius 3 is 1.24 bits per heavy atom. The Labute approximate surface area is 520 Å². The SMILES string of the molecule is CC/C=C\C/C=C\C/C=C\C/C=C\C/C=C\C/C=C\C/C=C\CCCCCCCC(=O)NC(COC1OC(CO)C(OC2OC(CO)C(OC3OC(CO)C(O)C(O)C3O)C(O)C2O)C(O)C1O)C(O)CCCCCCCCCCCCCCCCC. The van der Waals surface area contributed by atoms with E-state index in [1.54, 1.807) is 0 Å². The van der Waals surface area contributed by atoms with Gasteiger partial charge in [0, 0.05) is 6.42 Å². The second-order valence-corrected chi connectivity index (χ2v) is 23.6. The van der Waals surface area contributed by atoms with Gasteiger partial charge in [0.25, 0.3) is 0 Å². The molecule has 3 fully saturated rings. The van der Waals surface area contributed by atoms with Gasteiger partial charge >= 0.3 is 0 Å². The van der Waals surface area contributed by atoms with Crippen molar-refractivity contribution < 1.29 is 89.4 Å². The van der Waals surface area contributed by atoms with E-state index in [-0.39, 0.29) is 18.9 Å². The molecular formula is C68H117NO18. The second-order valence-electron chi connectivity index (χ2n) is 23.6. The monoisotopic (exact) mass is 1240 g/mol. The zero-order chi connectivity index (χ0) is 63.3. The summed E-state index contributed by atoms with van der Waals surface area (Å²) in [6.07, 6.45) is 35.1. The molecule has 502 valence electrons. The van der Waals surface area contributed by atoms with Gasteiger partial charge in [0.1, 0.15) is 73.2 Å². The van der Waals surface area contributed by atoms with Gasteiger partial charge in [0.05, 0.1) is 38.6 Å². The number of unbranched alkanes of at least 4 members (excludes halogenated alkanes) is 19. The van der Waals surface area contributed by atoms with Gasteiger partial charge in [-0.15, -0.1) is 0 Å². The predicted octanol–water partition coefficient (Wildman–Crippen LogP) is 7.93. The number of hydrogen-bond acceptors (Lipinski definition) is 18. The highest BCUT2D eigenvalue weighted by molar-refractivity contribution is 5.76. The van der Waals surface area contributed by atoms with Crippen LogP contribution < -0.4 is 5.32 Å². The lowest BCUT2D eigenvalue weighted by molar-refractivity contribution is -0.379. The Kier molecular flexibility index (Phi) is 44.6. The zero-order valence-electron chi connectivity index (χ0n) is 52.7. The van der Waals surface area contributed by atoms with Gasteiger partial charge in [-0.2, -0.15) is 0 Å². The summed E-state index contributed by atoms with van der Waals surface area (Å²) in [6, 6.07) is -0.904. The quantitative estimate of drug-likeness (QED) is 0.0203. The highest BCUT2D eigenvalue weighted by Gasteiger charge is 2.53. The summed E-state index contributed by atoms with van der Waals surface area (Å²) in [5, 5.41) is 121. The number of allylic oxidation sites excluding steroid dienone is 14. The van der Waals surface area contributed by atoms with Crippen molar-refractivity contribution in [3.8, 4) is 0 Å². The van der Waals surface area contributed by atoms with E-state index in [2.05, 4.69) is 104 Å². The van der Waals surface area contributed by atoms with Crippen molar-refractivity contribution in [2.45, 2.75) is 311 Å². The number of carbonyl (C=O) groups is 1. The van der Waals surface area contributed by atoms with Crippen molar-refractivity contribution in [1.29, 1.82) is 0 Å². The van der Waals surface area contributed by atoms with Crippen LogP contribution >= 0.6 is 0 Å². The molecule has 0 aromatic rings. The van der Waals surface area contributed by atoms with Crippen molar-refractivity contribution in [3.05, 3.63) is 85.1 Å². The first-order valence-corrected chi connectivity index (χ1v) is 33.3. The van der Waals surface area contributed by atoms with Crippen LogP contribution in [0.25, 0.3) is 0 Å². The van der Waals surface area contributed by atoms with E-state index >= 15 is 0 Å². The summed E-state index contributed by atoms with van der Waals surface area (Å²) in [5.41, 5.74) is 0. The topological polar surface area (TPSA) is 307 Å². The fourth-order valence-electron chi connectivity index (χ4n) is 10.8. The van der Waals surface area contributed by atoms with E-state index in [1.165, 1.54) is 70.6 Å². The molecule has 3 aliphatic rings. The third kappa shape index (κ3) is 32.2. The van der Waals surface area contributed by atoms with Gasteiger partial charge in [-0.05, 0) is 70.6 Å². The molecule has 0 saturated carbocycles. The zero-order valence-corrected chi connectivity index (χ0v) is 52.7. The maximum atomic E-state index is 13.4. The lowest BCUT2D eigenvalue weighted by atomic mass is 9.96. The van der Waals surface area contributed by atoms with E-state index in [0.717, 1.165) is 103 Å². The van der Waals surface area contributed by atoms with Crippen LogP contribution in [-0.2, 0) is 33.2 Å². The number of nitrogens with one attached hydrogen (secondary N) is 1. The largest absolute Gasteiger partial charge is 0.394 e. The number of carbonyl (C=O) groups excluding carboxylic acids is 1. The molecule has 3 aliphatic heterocycles. The number of rotatable bonds is 49. The molecule has 17 atom stereocenters. The lowest BCUT2D eigenvalue weighted by Gasteiger charge is -2.48. The highest BCUT2D eigenvalue weighted by atomic mass is 16.8. The average Bonchev–Trinajstić information content (AvgIpc) is 1.10. The van der Waals surface area contributed by atoms with E-state index in [0.29, 0.717) is 12.8 Å². The van der Waals surface area contributed by atoms with Crippen LogP contribution in [0.1, 0.15) is 206 Å². The normalized spacial score (nSPS) is 29.1. The summed E-state index contributed by atoms with van der Waals surface area (Å²) < 4.78 is 34.4. The predicted molar refractivity (Wildman–Crippen MR) is 337 cm³/mol. The standard InChI is InChI=1S/C68H117NO18/c1-3-5-7-9-11-13-15-17-19-20-21-22-23-24-25-26-27-28-29-30-32-34-36-38-40-42-44-46-56(74)69-51(52(73)45-43-41-39-37-35-33-31-18-16-14-12-10-8-6-4-2)50-82-66-62(80)59(77)64(54(48-71)84-66)87-68-63(81)60(78)65(55(49-72)85-68)86-67-61(79)58(76)57(75)53(47-70)83-67/h5,7,11,13,17,19,21-22,24-25,27-28,30,32,51-55,57-68,70-73,75-81H,3-4,6,8-10,12,14-16,18,20,23,26,29,31,33-50H2,1-2H3,(H,69,74)/b7-5-,13-11-,19-17-,22-21-,25-24-,28-27-,32-30-. The molecule has 87 heavy (non-hydrogen) atoms. The third-order valence-corrected chi connectivity index (χ3v) is 16.2. The Morgan fingerprint density at radius 1 is 0.425 bits per heavy atom. The van der Waals surface area contributed by atoms with Crippen LogP contribution in [0.15, 0.2) is 85.1 Å². The molecule has 0 aliphatic carbocycles. The van der Waals surface area contributed by atoms with Crippen LogP contribution in [0.2, 0.25) is 0 Å². The third-order valence-electron chi connectivity index (χ3n) is 16.2. The van der Waals surface area contributed by atoms with Crippen LogP contribution in [0.4, 0.5) is 0 Å². The molecule has 3 heterocycles. The molecular weight excluding hydrogens is 1120 g/mol. The van der Waals surface area contributed by atoms with E-state index in [1.807, 2.05) is 0 Å². The van der Waals surface area contributed by atoms with Crippen molar-refractivity contribution >= 4 is 5.91 Å². The molecule has 0 radical (unpaired) electrons. The van der Waals surface area contributed by atoms with Gasteiger partial charge in [-0.3, -0.25) is 4.79 Å². The smallest absolute Gasteiger partial charge is 0.220 e. The Bertz CT molecular complexity index is 1910. The fraction of sp³-hybridized carbons (Fsp3) is 0.779. The first kappa shape index (κ1) is 78.2. The minimum atomic E-state index is -1.98. The van der Waals surface area contributed by atoms with Crippen LogP contribution in [-0.4, -0.2) is 193 Å². The number of aliphatic hydroxyl groups is 11. The molecule has 3 rings (SSSR count). The second kappa shape index (κ2) is 49.6. The first-order valence-electron chi connectivity index (χ1n) is 33.3. The lowest BCUT2D eigenvalue weighted by Crippen LogP contribution is -2.66. The number of aliphatic hydroxyl groups excluding tert-OH is 11. The molecule has 1 amide bonds. The van der Waals surface area contributed by atoms with Crippen molar-refractivity contribution in [3.63, 3.8) is 0 Å². The van der Waals surface area contributed by atoms with Crippen LogP contribution in [0.3, 0.4) is 0 Å². The van der Waals surface area contributed by atoms with Crippen LogP contribution in [0.5, 0.6) is 0 Å². The molecule has 19 nitrogen and oxygen atoms in total. The fourth-order valence-corrected chi connectivity index (χ4v) is 10.8. The molecule has 19 heteroatoms. The molecule has 0 bridgehead atoms. The summed E-state index contributed by atoms with van der Waals surface area (Å²) in [6.45, 7) is 1.65. The van der Waals surface area contributed by atoms with E-state index in [9.17, 15) is 61.0 Å². The first-order chi connectivity index (χ1) is 42.3. The van der Waals surface area contributed by atoms with Crippen molar-refractivity contribution in [1.82, 2.24) is 5.32 Å². The molecule has 17 unspecified atom stereocenters. The number of hydrogen-bond donors (Lipinski definition) is 12. The molecule has 0 spiro atoms. The molecule has 0 aromatic heterocycles. The highest BCUT2D eigenvalue weighted by Crippen LogP contribution is 2.33. The number of ether oxygens (including phenoxy) is 6. The maximum Gasteiger partial charge on any atom is 0.220 e. The minimum absolute atomic E-state index is 0.239. The summed E-state index contributed by atoms with van der Waals surface area (Å²) in [5.74, 6) is -0.265. The van der Waals surface area contributed by atoms with Gasteiger partial charge in [0.2, 0.25) is 5.91 Å². The minimum Gasteiger partial charge on any atom is -0.394 e. The Hall–Kier alpha value is -3.03. The van der Waals surface area contributed by atoms with E-state index in [4.69, 9.17) is 28.4 Å². The van der Waals surface area contributed by atoms with Gasteiger partial charge in [0.15, 0.2) is 18.9 Å². The van der Waals surface area contributed by atoms with Gasteiger partial charge in [-0.1, -0.05) is 214 Å². The van der Waals surface area contributed by atoms with Crippen molar-refractivity contribution in [2.75, 3.05) is 26.4 Å². The van der Waals surface area contributed by atoms with Crippen LogP contribution in [0, 0.1) is 0 Å². The summed E-state index contributed by atoms with van der Waals surface area (Å²) in [4.78, 5) is 13.4. The summed E-state index contributed by atoms with van der Waals surface area (Å²) in [7, 11) is 0. The van der Waals surface area contributed by atoms with E-state index < -0.39 is 124 Å². The molecule has 0 aromatic carbocycles. The molecule has 3 saturated heterocycles. The van der Waals surface area contributed by atoms with Gasteiger partial charge < -0.3 is 89.9 Å². The summed E-state index contributed by atoms with van der Waals surface area (Å²) >= 11 is 0. The maximum absolute atomic E-state index is 13.4. The van der Waals surface area contributed by atoms with Gasteiger partial charge in [-0.25, -0.2) is 0 Å².